The highest BCUT2D eigenvalue weighted by Crippen LogP contribution is 2.48. The Morgan fingerprint density at radius 3 is 2.41 bits per heavy atom. The van der Waals surface area contributed by atoms with Gasteiger partial charge in [0, 0.05) is 5.56 Å². The number of esters is 1. The van der Waals surface area contributed by atoms with Gasteiger partial charge in [0.2, 0.25) is 0 Å². The standard InChI is InChI=1S/C27H32BFO5/c1-6-31-25(30)20-15-19(20)16-7-9-17(10-8-16)32-23-14-11-18-21(12-13-22(29)24(18)23)28-33-26(2,3)27(4,5)34-28/h7-10,12-13,19-20,23H,6,11,14-15H2,1-5H3/t19?,20-,23-/m1/s1. The molecule has 1 saturated carbocycles. The highest BCUT2D eigenvalue weighted by atomic mass is 19.1. The number of halogens is 1. The Bertz CT molecular complexity index is 1080. The molecule has 1 aliphatic heterocycles. The van der Waals surface area contributed by atoms with E-state index in [0.29, 0.717) is 30.8 Å². The van der Waals surface area contributed by atoms with Crippen LogP contribution in [0.4, 0.5) is 4.39 Å². The van der Waals surface area contributed by atoms with Crippen molar-refractivity contribution in [1.29, 1.82) is 0 Å². The number of rotatable bonds is 6. The fraction of sp³-hybridized carbons (Fsp3) is 0.519. The van der Waals surface area contributed by atoms with Crippen LogP contribution in [0.2, 0.25) is 0 Å². The molecule has 3 aliphatic rings. The summed E-state index contributed by atoms with van der Waals surface area (Å²) >= 11 is 0. The molecular formula is C27H32BFO5. The first-order valence-corrected chi connectivity index (χ1v) is 12.2. The summed E-state index contributed by atoms with van der Waals surface area (Å²) < 4.78 is 38.8. The maximum atomic E-state index is 15.0. The Balaban J connectivity index is 1.31. The summed E-state index contributed by atoms with van der Waals surface area (Å²) in [5.74, 6) is 0.472. The van der Waals surface area contributed by atoms with Gasteiger partial charge in [0.05, 0.1) is 23.7 Å². The third-order valence-electron chi connectivity index (χ3n) is 7.79. The van der Waals surface area contributed by atoms with Crippen molar-refractivity contribution < 1.29 is 28.0 Å². The minimum Gasteiger partial charge on any atom is -0.486 e. The quantitative estimate of drug-likeness (QED) is 0.450. The SMILES string of the molecule is CCOC(=O)[C@@H]1CC1c1ccc(O[C@@H]2CCc3c(B4OC(C)(C)C(C)(C)O4)ccc(F)c32)cc1. The summed E-state index contributed by atoms with van der Waals surface area (Å²) in [7, 11) is -0.525. The lowest BCUT2D eigenvalue weighted by Gasteiger charge is -2.32. The average Bonchev–Trinajstić information content (AvgIpc) is 3.41. The summed E-state index contributed by atoms with van der Waals surface area (Å²) in [6, 6.07) is 11.1. The van der Waals surface area contributed by atoms with E-state index in [1.54, 1.807) is 6.07 Å². The Labute approximate surface area is 201 Å². The number of hydrogen-bond donors (Lipinski definition) is 0. The van der Waals surface area contributed by atoms with Crippen LogP contribution in [0.25, 0.3) is 0 Å². The van der Waals surface area contributed by atoms with Gasteiger partial charge in [-0.15, -0.1) is 0 Å². The van der Waals surface area contributed by atoms with E-state index in [0.717, 1.165) is 23.0 Å². The van der Waals surface area contributed by atoms with Gasteiger partial charge < -0.3 is 18.8 Å². The van der Waals surface area contributed by atoms with Gasteiger partial charge in [-0.2, -0.15) is 0 Å². The van der Waals surface area contributed by atoms with Crippen molar-refractivity contribution in [3.05, 3.63) is 58.9 Å². The van der Waals surface area contributed by atoms with Gasteiger partial charge in [-0.3, -0.25) is 4.79 Å². The molecule has 0 N–H and O–H groups in total. The van der Waals surface area contributed by atoms with Gasteiger partial charge in [0.15, 0.2) is 0 Å². The molecule has 2 aliphatic carbocycles. The van der Waals surface area contributed by atoms with Crippen LogP contribution >= 0.6 is 0 Å². The van der Waals surface area contributed by atoms with Crippen LogP contribution in [0, 0.1) is 11.7 Å². The van der Waals surface area contributed by atoms with E-state index in [9.17, 15) is 9.18 Å². The first-order chi connectivity index (χ1) is 16.1. The number of benzene rings is 2. The van der Waals surface area contributed by atoms with Crippen LogP contribution in [-0.2, 0) is 25.3 Å². The summed E-state index contributed by atoms with van der Waals surface area (Å²) in [5.41, 5.74) is 2.60. The molecule has 0 spiro atoms. The second-order valence-corrected chi connectivity index (χ2v) is 10.5. The largest absolute Gasteiger partial charge is 0.495 e. The van der Waals surface area contributed by atoms with Crippen molar-refractivity contribution in [1.82, 2.24) is 0 Å². The first-order valence-electron chi connectivity index (χ1n) is 12.2. The molecule has 0 bridgehead atoms. The zero-order valence-electron chi connectivity index (χ0n) is 20.5. The molecule has 5 nitrogen and oxygen atoms in total. The molecule has 7 heteroatoms. The third-order valence-corrected chi connectivity index (χ3v) is 7.79. The van der Waals surface area contributed by atoms with Crippen molar-refractivity contribution in [2.75, 3.05) is 6.61 Å². The molecule has 1 heterocycles. The molecule has 5 rings (SSSR count). The molecule has 2 aromatic rings. The number of hydrogen-bond acceptors (Lipinski definition) is 5. The van der Waals surface area contributed by atoms with Gasteiger partial charge in [-0.05, 0) is 94.6 Å². The lowest BCUT2D eigenvalue weighted by molar-refractivity contribution is -0.144. The van der Waals surface area contributed by atoms with E-state index in [4.69, 9.17) is 18.8 Å². The molecule has 34 heavy (non-hydrogen) atoms. The molecule has 3 atom stereocenters. The minimum atomic E-state index is -0.525. The summed E-state index contributed by atoms with van der Waals surface area (Å²) in [6.07, 6.45) is 1.86. The van der Waals surface area contributed by atoms with Crippen molar-refractivity contribution >= 4 is 18.6 Å². The molecular weight excluding hydrogens is 434 g/mol. The molecule has 0 amide bonds. The highest BCUT2D eigenvalue weighted by Gasteiger charge is 2.53. The smallest absolute Gasteiger partial charge is 0.486 e. The van der Waals surface area contributed by atoms with E-state index < -0.39 is 18.3 Å². The van der Waals surface area contributed by atoms with E-state index in [2.05, 4.69) is 0 Å². The zero-order chi connectivity index (χ0) is 24.3. The van der Waals surface area contributed by atoms with Crippen LogP contribution in [0.15, 0.2) is 36.4 Å². The number of carbonyl (C=O) groups excluding carboxylic acids is 1. The number of ether oxygens (including phenoxy) is 2. The van der Waals surface area contributed by atoms with Crippen molar-refractivity contribution in [2.45, 2.75) is 77.1 Å². The molecule has 180 valence electrons. The molecule has 2 aromatic carbocycles. The zero-order valence-corrected chi connectivity index (χ0v) is 20.5. The van der Waals surface area contributed by atoms with Crippen molar-refractivity contribution in [2.24, 2.45) is 5.92 Å². The van der Waals surface area contributed by atoms with Crippen LogP contribution < -0.4 is 10.2 Å². The van der Waals surface area contributed by atoms with Gasteiger partial charge in [-0.1, -0.05) is 18.2 Å². The van der Waals surface area contributed by atoms with Crippen LogP contribution in [0.5, 0.6) is 5.75 Å². The van der Waals surface area contributed by atoms with Crippen LogP contribution in [0.1, 0.15) is 76.2 Å². The van der Waals surface area contributed by atoms with Gasteiger partial charge in [0.1, 0.15) is 17.7 Å². The third kappa shape index (κ3) is 4.03. The summed E-state index contributed by atoms with van der Waals surface area (Å²) in [4.78, 5) is 11.9. The monoisotopic (exact) mass is 466 g/mol. The molecule has 0 aromatic heterocycles. The lowest BCUT2D eigenvalue weighted by Crippen LogP contribution is -2.41. The highest BCUT2D eigenvalue weighted by molar-refractivity contribution is 6.62. The predicted octanol–water partition coefficient (Wildman–Crippen LogP) is 4.86. The Hall–Kier alpha value is -2.38. The van der Waals surface area contributed by atoms with Gasteiger partial charge >= 0.3 is 13.1 Å². The van der Waals surface area contributed by atoms with Crippen molar-refractivity contribution in [3.63, 3.8) is 0 Å². The number of carbonyl (C=O) groups is 1. The Morgan fingerprint density at radius 1 is 1.09 bits per heavy atom. The Kier molecular flexibility index (Phi) is 5.76. The number of fused-ring (bicyclic) bond motifs is 1. The van der Waals surface area contributed by atoms with Crippen LogP contribution in [0.3, 0.4) is 0 Å². The van der Waals surface area contributed by atoms with E-state index in [1.165, 1.54) is 6.07 Å². The average molecular weight is 466 g/mol. The maximum Gasteiger partial charge on any atom is 0.495 e. The molecule has 1 unspecified atom stereocenters. The lowest BCUT2D eigenvalue weighted by atomic mass is 9.75. The van der Waals surface area contributed by atoms with E-state index >= 15 is 0 Å². The second kappa shape index (κ2) is 8.38. The summed E-state index contributed by atoms with van der Waals surface area (Å²) in [6.45, 7) is 10.3. The molecule has 1 saturated heterocycles. The van der Waals surface area contributed by atoms with Gasteiger partial charge in [-0.25, -0.2) is 4.39 Å². The predicted molar refractivity (Wildman–Crippen MR) is 128 cm³/mol. The molecule has 2 fully saturated rings. The van der Waals surface area contributed by atoms with E-state index in [1.807, 2.05) is 58.9 Å². The van der Waals surface area contributed by atoms with Crippen molar-refractivity contribution in [3.8, 4) is 5.75 Å². The van der Waals surface area contributed by atoms with Gasteiger partial charge in [0.25, 0.3) is 0 Å². The normalized spacial score (nSPS) is 26.3. The fourth-order valence-electron chi connectivity index (χ4n) is 5.04. The maximum absolute atomic E-state index is 15.0. The Morgan fingerprint density at radius 2 is 1.76 bits per heavy atom. The first kappa shape index (κ1) is 23.4. The molecule has 0 radical (unpaired) electrons. The second-order valence-electron chi connectivity index (χ2n) is 10.5. The summed E-state index contributed by atoms with van der Waals surface area (Å²) in [5, 5.41) is 0. The van der Waals surface area contributed by atoms with Crippen LogP contribution in [-0.4, -0.2) is 30.9 Å². The topological polar surface area (TPSA) is 54.0 Å². The minimum absolute atomic E-state index is 0.0454. The van der Waals surface area contributed by atoms with E-state index in [-0.39, 0.29) is 29.7 Å². The fourth-order valence-corrected chi connectivity index (χ4v) is 5.04.